The highest BCUT2D eigenvalue weighted by Gasteiger charge is 2.37. The van der Waals surface area contributed by atoms with Gasteiger partial charge in [0, 0.05) is 23.8 Å². The van der Waals surface area contributed by atoms with E-state index >= 15 is 0 Å². The van der Waals surface area contributed by atoms with E-state index in [2.05, 4.69) is 5.32 Å². The second kappa shape index (κ2) is 10.8. The van der Waals surface area contributed by atoms with Gasteiger partial charge in [-0.1, -0.05) is 11.6 Å². The standard InChI is InChI=1S/C24H15ClF3N3O7S/c1-37-19-6-2-12(24(26,27)28)8-17(19)29-21(32)11-30-22(33)20(39-23(30)34)10-14-4-7-18(38-14)15-9-13(31(35)36)3-5-16(15)25/h2-10H,11H2,1H3,(H,29,32)/b20-10-. The Morgan fingerprint density at radius 3 is 2.62 bits per heavy atom. The summed E-state index contributed by atoms with van der Waals surface area (Å²) in [5, 5.41) is 12.7. The van der Waals surface area contributed by atoms with Gasteiger partial charge in [-0.15, -0.1) is 0 Å². The zero-order valence-electron chi connectivity index (χ0n) is 19.6. The number of anilines is 1. The summed E-state index contributed by atoms with van der Waals surface area (Å²) in [5.74, 6) is -1.53. The second-order valence-corrected chi connectivity index (χ2v) is 9.25. The monoisotopic (exact) mass is 581 g/mol. The van der Waals surface area contributed by atoms with Crippen molar-refractivity contribution >= 4 is 57.9 Å². The van der Waals surface area contributed by atoms with Gasteiger partial charge < -0.3 is 14.5 Å². The number of nitrogens with one attached hydrogen (secondary N) is 1. The van der Waals surface area contributed by atoms with Crippen LogP contribution in [0.4, 0.5) is 29.3 Å². The van der Waals surface area contributed by atoms with Gasteiger partial charge in [0.15, 0.2) is 0 Å². The first kappa shape index (κ1) is 27.7. The Bertz CT molecular complexity index is 1540. The number of nitro groups is 1. The molecule has 0 bridgehead atoms. The lowest BCUT2D eigenvalue weighted by molar-refractivity contribution is -0.384. The summed E-state index contributed by atoms with van der Waals surface area (Å²) >= 11 is 6.65. The number of non-ortho nitro benzene ring substituents is 1. The topological polar surface area (TPSA) is 132 Å². The van der Waals surface area contributed by atoms with Crippen LogP contribution in [0, 0.1) is 10.1 Å². The fourth-order valence-corrected chi connectivity index (χ4v) is 4.50. The number of carbonyl (C=O) groups is 3. The summed E-state index contributed by atoms with van der Waals surface area (Å²) in [7, 11) is 1.20. The highest BCUT2D eigenvalue weighted by molar-refractivity contribution is 8.18. The third-order valence-corrected chi connectivity index (χ3v) is 6.54. The maximum atomic E-state index is 13.1. The molecule has 202 valence electrons. The average Bonchev–Trinajstić information content (AvgIpc) is 3.43. The number of carbonyl (C=O) groups excluding carboxylic acids is 3. The van der Waals surface area contributed by atoms with E-state index in [1.54, 1.807) is 0 Å². The van der Waals surface area contributed by atoms with Crippen LogP contribution in [0.3, 0.4) is 0 Å². The number of hydrogen-bond donors (Lipinski definition) is 1. The molecule has 3 amide bonds. The van der Waals surface area contributed by atoms with Gasteiger partial charge >= 0.3 is 6.18 Å². The highest BCUT2D eigenvalue weighted by Crippen LogP contribution is 2.37. The van der Waals surface area contributed by atoms with E-state index in [9.17, 15) is 37.7 Å². The van der Waals surface area contributed by atoms with Crippen LogP contribution in [0.15, 0.2) is 57.9 Å². The van der Waals surface area contributed by atoms with Crippen molar-refractivity contribution in [1.82, 2.24) is 4.90 Å². The number of nitrogens with zero attached hydrogens (tertiary/aromatic N) is 2. The van der Waals surface area contributed by atoms with Crippen molar-refractivity contribution in [2.75, 3.05) is 19.0 Å². The minimum absolute atomic E-state index is 0.0529. The number of nitro benzene ring substituents is 1. The first-order valence-corrected chi connectivity index (χ1v) is 11.9. The summed E-state index contributed by atoms with van der Waals surface area (Å²) in [4.78, 5) is 48.7. The molecule has 1 aromatic heterocycles. The lowest BCUT2D eigenvalue weighted by atomic mass is 10.1. The van der Waals surface area contributed by atoms with Crippen LogP contribution in [0.2, 0.25) is 5.02 Å². The summed E-state index contributed by atoms with van der Waals surface area (Å²) < 4.78 is 49.8. The normalized spacial score (nSPS) is 14.7. The molecule has 1 fully saturated rings. The Balaban J connectivity index is 1.49. The lowest BCUT2D eigenvalue weighted by Gasteiger charge is -2.16. The SMILES string of the molecule is COc1ccc(C(F)(F)F)cc1NC(=O)CN1C(=O)S/C(=C\c2ccc(-c3cc([N+](=O)[O-])ccc3Cl)o2)C1=O. The number of alkyl halides is 3. The van der Waals surface area contributed by atoms with Crippen LogP contribution >= 0.6 is 23.4 Å². The fourth-order valence-electron chi connectivity index (χ4n) is 3.47. The third kappa shape index (κ3) is 6.07. The van der Waals surface area contributed by atoms with Gasteiger partial charge in [-0.05, 0) is 48.2 Å². The molecule has 0 saturated carbocycles. The van der Waals surface area contributed by atoms with Gasteiger partial charge in [0.1, 0.15) is 23.8 Å². The van der Waals surface area contributed by atoms with Crippen molar-refractivity contribution in [3.8, 4) is 17.1 Å². The number of imide groups is 1. The summed E-state index contributed by atoms with van der Waals surface area (Å²) in [6.07, 6.45) is -3.43. The van der Waals surface area contributed by atoms with Crippen LogP contribution in [-0.2, 0) is 15.8 Å². The number of halogens is 4. The Morgan fingerprint density at radius 2 is 1.95 bits per heavy atom. The predicted molar refractivity (Wildman–Crippen MR) is 135 cm³/mol. The van der Waals surface area contributed by atoms with E-state index in [-0.39, 0.29) is 44.1 Å². The third-order valence-electron chi connectivity index (χ3n) is 5.30. The molecule has 39 heavy (non-hydrogen) atoms. The van der Waals surface area contributed by atoms with E-state index in [1.165, 1.54) is 43.5 Å². The molecule has 15 heteroatoms. The summed E-state index contributed by atoms with van der Waals surface area (Å²) in [5.41, 5.74) is -1.30. The van der Waals surface area contributed by atoms with Crippen LogP contribution in [0.5, 0.6) is 5.75 Å². The number of thioether (sulfide) groups is 1. The first-order chi connectivity index (χ1) is 18.4. The fraction of sp³-hybridized carbons (Fsp3) is 0.125. The number of benzene rings is 2. The van der Waals surface area contributed by atoms with Crippen LogP contribution in [0.25, 0.3) is 17.4 Å². The predicted octanol–water partition coefficient (Wildman–Crippen LogP) is 6.21. The number of rotatable bonds is 7. The molecule has 0 atom stereocenters. The Kier molecular flexibility index (Phi) is 7.70. The molecule has 0 aliphatic carbocycles. The van der Waals surface area contributed by atoms with E-state index in [4.69, 9.17) is 20.8 Å². The van der Waals surface area contributed by atoms with Gasteiger partial charge in [-0.25, -0.2) is 0 Å². The van der Waals surface area contributed by atoms with E-state index in [0.29, 0.717) is 22.7 Å². The minimum atomic E-state index is -4.67. The molecule has 3 aromatic rings. The largest absolute Gasteiger partial charge is 0.495 e. The number of furan rings is 1. The maximum absolute atomic E-state index is 13.1. The van der Waals surface area contributed by atoms with Crippen molar-refractivity contribution < 1.29 is 41.6 Å². The zero-order chi connectivity index (χ0) is 28.5. The molecule has 10 nitrogen and oxygen atoms in total. The lowest BCUT2D eigenvalue weighted by Crippen LogP contribution is -2.36. The summed E-state index contributed by atoms with van der Waals surface area (Å²) in [6, 6.07) is 9.18. The quantitative estimate of drug-likeness (QED) is 0.198. The van der Waals surface area contributed by atoms with Crippen molar-refractivity contribution in [1.29, 1.82) is 0 Å². The highest BCUT2D eigenvalue weighted by atomic mass is 35.5. The smallest absolute Gasteiger partial charge is 0.416 e. The Hall–Kier alpha value is -4.30. The van der Waals surface area contributed by atoms with Crippen molar-refractivity contribution in [2.24, 2.45) is 0 Å². The molecule has 1 aliphatic rings. The number of ether oxygens (including phenoxy) is 1. The van der Waals surface area contributed by atoms with Crippen LogP contribution < -0.4 is 10.1 Å². The molecule has 2 aromatic carbocycles. The van der Waals surface area contributed by atoms with Gasteiger partial charge in [-0.2, -0.15) is 13.2 Å². The van der Waals surface area contributed by atoms with E-state index < -0.39 is 40.3 Å². The number of amides is 3. The van der Waals surface area contributed by atoms with Gasteiger partial charge in [-0.3, -0.25) is 29.4 Å². The molecule has 1 aliphatic heterocycles. The van der Waals surface area contributed by atoms with Crippen LogP contribution in [0.1, 0.15) is 11.3 Å². The van der Waals surface area contributed by atoms with E-state index in [1.807, 2.05) is 0 Å². The Labute approximate surface area is 226 Å². The molecule has 0 spiro atoms. The average molecular weight is 582 g/mol. The maximum Gasteiger partial charge on any atom is 0.416 e. The minimum Gasteiger partial charge on any atom is -0.495 e. The van der Waals surface area contributed by atoms with Gasteiger partial charge in [0.05, 0.1) is 33.2 Å². The van der Waals surface area contributed by atoms with Crippen molar-refractivity contribution in [2.45, 2.75) is 6.18 Å². The molecule has 1 N–H and O–H groups in total. The molecule has 4 rings (SSSR count). The van der Waals surface area contributed by atoms with Crippen LogP contribution in [-0.4, -0.2) is 40.5 Å². The zero-order valence-corrected chi connectivity index (χ0v) is 21.1. The molecular formula is C24H15ClF3N3O7S. The number of methoxy groups -OCH3 is 1. The summed E-state index contributed by atoms with van der Waals surface area (Å²) in [6.45, 7) is -0.770. The van der Waals surface area contributed by atoms with Gasteiger partial charge in [0.25, 0.3) is 16.8 Å². The Morgan fingerprint density at radius 1 is 1.21 bits per heavy atom. The molecule has 0 radical (unpaired) electrons. The molecule has 2 heterocycles. The second-order valence-electron chi connectivity index (χ2n) is 7.85. The number of hydrogen-bond acceptors (Lipinski definition) is 8. The van der Waals surface area contributed by atoms with E-state index in [0.717, 1.165) is 12.1 Å². The molecule has 1 saturated heterocycles. The van der Waals surface area contributed by atoms with Crippen molar-refractivity contribution in [3.63, 3.8) is 0 Å². The first-order valence-electron chi connectivity index (χ1n) is 10.7. The molecule has 0 unspecified atom stereocenters. The van der Waals surface area contributed by atoms with Crippen molar-refractivity contribution in [3.05, 3.63) is 79.9 Å². The van der Waals surface area contributed by atoms with Gasteiger partial charge in [0.2, 0.25) is 5.91 Å². The molecular weight excluding hydrogens is 567 g/mol.